The molecule has 20 heavy (non-hydrogen) atoms. The Balaban J connectivity index is 2.12. The highest BCUT2D eigenvalue weighted by atomic mass is 16.4. The molecule has 0 aliphatic heterocycles. The molecule has 1 atom stereocenters. The number of hydrogen-bond acceptors (Lipinski definition) is 3. The zero-order chi connectivity index (χ0) is 14.7. The van der Waals surface area contributed by atoms with Crippen LogP contribution in [0.5, 0.6) is 0 Å². The second-order valence-electron chi connectivity index (χ2n) is 5.29. The molecule has 1 aliphatic carbocycles. The van der Waals surface area contributed by atoms with Crippen molar-refractivity contribution in [1.82, 2.24) is 4.90 Å². The third-order valence-electron chi connectivity index (χ3n) is 3.71. The summed E-state index contributed by atoms with van der Waals surface area (Å²) in [6.07, 6.45) is 1.49. The molecule has 0 unspecified atom stereocenters. The van der Waals surface area contributed by atoms with Gasteiger partial charge in [-0.25, -0.2) is 0 Å². The van der Waals surface area contributed by atoms with Crippen molar-refractivity contribution in [2.45, 2.75) is 38.3 Å². The van der Waals surface area contributed by atoms with Crippen molar-refractivity contribution >= 4 is 11.9 Å². The Kier molecular flexibility index (Phi) is 4.39. The van der Waals surface area contributed by atoms with E-state index in [1.165, 1.54) is 11.1 Å². The Labute approximate surface area is 118 Å². The van der Waals surface area contributed by atoms with E-state index in [2.05, 4.69) is 12.1 Å². The molecule has 5 nitrogen and oxygen atoms in total. The van der Waals surface area contributed by atoms with Gasteiger partial charge in [-0.1, -0.05) is 24.3 Å². The van der Waals surface area contributed by atoms with Crippen molar-refractivity contribution in [3.63, 3.8) is 0 Å². The van der Waals surface area contributed by atoms with Gasteiger partial charge in [-0.05, 0) is 30.9 Å². The van der Waals surface area contributed by atoms with Crippen molar-refractivity contribution < 1.29 is 14.7 Å². The summed E-state index contributed by atoms with van der Waals surface area (Å²) >= 11 is 0. The smallest absolute Gasteiger partial charge is 0.305 e. The fourth-order valence-corrected chi connectivity index (χ4v) is 2.71. The second kappa shape index (κ2) is 6.05. The summed E-state index contributed by atoms with van der Waals surface area (Å²) in [4.78, 5) is 24.6. The van der Waals surface area contributed by atoms with Gasteiger partial charge in [0.15, 0.2) is 0 Å². The number of amides is 1. The lowest BCUT2D eigenvalue weighted by Gasteiger charge is -2.30. The van der Waals surface area contributed by atoms with Crippen molar-refractivity contribution in [3.05, 3.63) is 35.4 Å². The largest absolute Gasteiger partial charge is 0.481 e. The van der Waals surface area contributed by atoms with E-state index in [0.717, 1.165) is 12.8 Å². The normalized spacial score (nSPS) is 15.7. The average molecular weight is 276 g/mol. The summed E-state index contributed by atoms with van der Waals surface area (Å²) in [5.74, 6) is -1.08. The number of carboxylic acid groups (broad SMARTS) is 1. The number of carbonyl (C=O) groups excluding carboxylic acids is 1. The van der Waals surface area contributed by atoms with E-state index in [1.807, 2.05) is 12.1 Å². The maximum atomic E-state index is 12.2. The maximum Gasteiger partial charge on any atom is 0.305 e. The van der Waals surface area contributed by atoms with Crippen LogP contribution >= 0.6 is 0 Å². The molecule has 0 radical (unpaired) electrons. The minimum absolute atomic E-state index is 0.0187. The van der Waals surface area contributed by atoms with Crippen molar-refractivity contribution in [2.75, 3.05) is 6.54 Å². The Bertz CT molecular complexity index is 489. The predicted octanol–water partition coefficient (Wildman–Crippen LogP) is 0.804. The minimum Gasteiger partial charge on any atom is -0.481 e. The topological polar surface area (TPSA) is 83.6 Å². The SMILES string of the molecule is C[C@H](N)C(=O)N(CCC(=O)O)C1Cc2ccccc2C1. The number of rotatable bonds is 5. The molecule has 2 rings (SSSR count). The molecule has 0 saturated heterocycles. The Hall–Kier alpha value is -1.88. The van der Waals surface area contributed by atoms with Crippen LogP contribution in [0.2, 0.25) is 0 Å². The number of carbonyl (C=O) groups is 2. The molecule has 0 bridgehead atoms. The van der Waals surface area contributed by atoms with Gasteiger partial charge in [-0.2, -0.15) is 0 Å². The molecule has 0 heterocycles. The van der Waals surface area contributed by atoms with E-state index in [9.17, 15) is 9.59 Å². The van der Waals surface area contributed by atoms with E-state index in [1.54, 1.807) is 11.8 Å². The first-order valence-electron chi connectivity index (χ1n) is 6.83. The van der Waals surface area contributed by atoms with Gasteiger partial charge in [-0.3, -0.25) is 9.59 Å². The van der Waals surface area contributed by atoms with Gasteiger partial charge in [-0.15, -0.1) is 0 Å². The lowest BCUT2D eigenvalue weighted by molar-refractivity contribution is -0.139. The van der Waals surface area contributed by atoms with Crippen molar-refractivity contribution in [3.8, 4) is 0 Å². The Morgan fingerprint density at radius 3 is 2.35 bits per heavy atom. The minimum atomic E-state index is -0.900. The summed E-state index contributed by atoms with van der Waals surface area (Å²) in [7, 11) is 0. The second-order valence-corrected chi connectivity index (χ2v) is 5.29. The quantitative estimate of drug-likeness (QED) is 0.833. The molecule has 0 aromatic heterocycles. The molecule has 0 spiro atoms. The van der Waals surface area contributed by atoms with Crippen molar-refractivity contribution in [1.29, 1.82) is 0 Å². The highest BCUT2D eigenvalue weighted by molar-refractivity contribution is 5.82. The molecule has 5 heteroatoms. The van der Waals surface area contributed by atoms with Gasteiger partial charge in [0.1, 0.15) is 0 Å². The van der Waals surface area contributed by atoms with Crippen LogP contribution in [0.4, 0.5) is 0 Å². The van der Waals surface area contributed by atoms with Gasteiger partial charge in [0, 0.05) is 12.6 Å². The molecule has 1 amide bonds. The number of nitrogens with two attached hydrogens (primary N) is 1. The maximum absolute atomic E-state index is 12.2. The van der Waals surface area contributed by atoms with Crippen LogP contribution in [0, 0.1) is 0 Å². The molecule has 0 saturated carbocycles. The number of aliphatic carboxylic acids is 1. The zero-order valence-electron chi connectivity index (χ0n) is 11.6. The molecule has 1 aliphatic rings. The van der Waals surface area contributed by atoms with Crippen LogP contribution in [-0.4, -0.2) is 40.5 Å². The summed E-state index contributed by atoms with van der Waals surface area (Å²) in [6.45, 7) is 1.85. The van der Waals surface area contributed by atoms with E-state index >= 15 is 0 Å². The molecule has 108 valence electrons. The van der Waals surface area contributed by atoms with E-state index in [0.29, 0.717) is 0 Å². The molecular weight excluding hydrogens is 256 g/mol. The van der Waals surface area contributed by atoms with Crippen LogP contribution in [0.15, 0.2) is 24.3 Å². The van der Waals surface area contributed by atoms with Crippen LogP contribution in [0.3, 0.4) is 0 Å². The first-order valence-corrected chi connectivity index (χ1v) is 6.83. The Morgan fingerprint density at radius 1 is 1.35 bits per heavy atom. The molecule has 0 fully saturated rings. The number of nitrogens with zero attached hydrogens (tertiary/aromatic N) is 1. The number of hydrogen-bond donors (Lipinski definition) is 2. The lowest BCUT2D eigenvalue weighted by atomic mass is 10.1. The third-order valence-corrected chi connectivity index (χ3v) is 3.71. The average Bonchev–Trinajstić information content (AvgIpc) is 2.81. The van der Waals surface area contributed by atoms with E-state index in [-0.39, 0.29) is 24.9 Å². The third kappa shape index (κ3) is 3.17. The number of benzene rings is 1. The van der Waals surface area contributed by atoms with Crippen LogP contribution in [-0.2, 0) is 22.4 Å². The summed E-state index contributed by atoms with van der Waals surface area (Å²) in [5.41, 5.74) is 8.14. The highest BCUT2D eigenvalue weighted by Gasteiger charge is 2.31. The summed E-state index contributed by atoms with van der Waals surface area (Å²) in [5, 5.41) is 8.83. The molecule has 3 N–H and O–H groups in total. The predicted molar refractivity (Wildman–Crippen MR) is 75.3 cm³/mol. The Morgan fingerprint density at radius 2 is 1.90 bits per heavy atom. The van der Waals surface area contributed by atoms with Gasteiger partial charge >= 0.3 is 5.97 Å². The first kappa shape index (κ1) is 14.5. The summed E-state index contributed by atoms with van der Waals surface area (Å²) in [6, 6.07) is 7.49. The van der Waals surface area contributed by atoms with Crippen LogP contribution in [0.25, 0.3) is 0 Å². The molecule has 1 aromatic carbocycles. The van der Waals surface area contributed by atoms with Gasteiger partial charge in [0.25, 0.3) is 0 Å². The van der Waals surface area contributed by atoms with Crippen LogP contribution in [0.1, 0.15) is 24.5 Å². The van der Waals surface area contributed by atoms with E-state index < -0.39 is 12.0 Å². The van der Waals surface area contributed by atoms with Gasteiger partial charge in [0.2, 0.25) is 5.91 Å². The van der Waals surface area contributed by atoms with Gasteiger partial charge in [0.05, 0.1) is 12.5 Å². The number of fused-ring (bicyclic) bond motifs is 1. The molecule has 1 aromatic rings. The summed E-state index contributed by atoms with van der Waals surface area (Å²) < 4.78 is 0. The highest BCUT2D eigenvalue weighted by Crippen LogP contribution is 2.25. The fourth-order valence-electron chi connectivity index (χ4n) is 2.71. The monoisotopic (exact) mass is 276 g/mol. The van der Waals surface area contributed by atoms with Crippen molar-refractivity contribution in [2.24, 2.45) is 5.73 Å². The first-order chi connectivity index (χ1) is 9.49. The lowest BCUT2D eigenvalue weighted by Crippen LogP contribution is -2.48. The standard InChI is InChI=1S/C15H20N2O3/c1-10(16)15(20)17(7-6-14(18)19)13-8-11-4-2-3-5-12(11)9-13/h2-5,10,13H,6-9,16H2,1H3,(H,18,19)/t10-/m0/s1. The molecular formula is C15H20N2O3. The van der Waals surface area contributed by atoms with Crippen LogP contribution < -0.4 is 5.73 Å². The number of carboxylic acids is 1. The van der Waals surface area contributed by atoms with Gasteiger partial charge < -0.3 is 15.7 Å². The van der Waals surface area contributed by atoms with E-state index in [4.69, 9.17) is 10.8 Å². The zero-order valence-corrected chi connectivity index (χ0v) is 11.6. The fraction of sp³-hybridized carbons (Fsp3) is 0.467.